The van der Waals surface area contributed by atoms with Gasteiger partial charge in [-0.05, 0) is 24.6 Å². The lowest BCUT2D eigenvalue weighted by atomic mass is 10.1. The summed E-state index contributed by atoms with van der Waals surface area (Å²) in [6, 6.07) is 8.86. The van der Waals surface area contributed by atoms with Crippen molar-refractivity contribution in [2.24, 2.45) is 0 Å². The third-order valence-electron chi connectivity index (χ3n) is 2.37. The summed E-state index contributed by atoms with van der Waals surface area (Å²) in [4.78, 5) is 2.29. The molecule has 2 heteroatoms. The van der Waals surface area contributed by atoms with Crippen molar-refractivity contribution in [3.8, 4) is 0 Å². The Kier molecular flexibility index (Phi) is 5.05. The van der Waals surface area contributed by atoms with Crippen molar-refractivity contribution in [3.05, 3.63) is 35.4 Å². The molecule has 0 spiro atoms. The summed E-state index contributed by atoms with van der Waals surface area (Å²) in [6.07, 6.45) is 1.12. The van der Waals surface area contributed by atoms with Crippen LogP contribution in [0.2, 0.25) is 0 Å². The van der Waals surface area contributed by atoms with Gasteiger partial charge < -0.3 is 4.90 Å². The average molecular weight is 209 g/mol. The fourth-order valence-corrected chi connectivity index (χ4v) is 1.78. The Morgan fingerprint density at radius 3 is 2.21 bits per heavy atom. The summed E-state index contributed by atoms with van der Waals surface area (Å²) in [5.74, 6) is 0.920. The van der Waals surface area contributed by atoms with E-state index in [1.807, 2.05) is 0 Å². The molecule has 0 aliphatic carbocycles. The van der Waals surface area contributed by atoms with Crippen molar-refractivity contribution in [1.29, 1.82) is 0 Å². The van der Waals surface area contributed by atoms with Crippen LogP contribution in [0.25, 0.3) is 0 Å². The van der Waals surface area contributed by atoms with Crippen LogP contribution in [0.15, 0.2) is 24.3 Å². The summed E-state index contributed by atoms with van der Waals surface area (Å²) in [7, 11) is 2.13. The lowest BCUT2D eigenvalue weighted by Gasteiger charge is -2.15. The van der Waals surface area contributed by atoms with Crippen LogP contribution >= 0.6 is 12.6 Å². The van der Waals surface area contributed by atoms with Gasteiger partial charge >= 0.3 is 0 Å². The van der Waals surface area contributed by atoms with Crippen LogP contribution in [-0.2, 0) is 13.0 Å². The van der Waals surface area contributed by atoms with E-state index in [-0.39, 0.29) is 0 Å². The van der Waals surface area contributed by atoms with E-state index in [0.717, 1.165) is 25.3 Å². The first-order chi connectivity index (χ1) is 6.76. The quantitative estimate of drug-likeness (QED) is 0.730. The van der Waals surface area contributed by atoms with Crippen LogP contribution in [0.1, 0.15) is 18.1 Å². The molecule has 0 N–H and O–H groups in total. The molecule has 0 bridgehead atoms. The van der Waals surface area contributed by atoms with Gasteiger partial charge in [0.05, 0.1) is 0 Å². The number of thiol groups is 1. The van der Waals surface area contributed by atoms with Gasteiger partial charge in [0.25, 0.3) is 0 Å². The van der Waals surface area contributed by atoms with E-state index in [0.29, 0.717) is 0 Å². The number of hydrogen-bond acceptors (Lipinski definition) is 2. The van der Waals surface area contributed by atoms with E-state index in [1.54, 1.807) is 0 Å². The van der Waals surface area contributed by atoms with Gasteiger partial charge in [-0.15, -0.1) is 0 Å². The number of aryl methyl sites for hydroxylation is 1. The predicted octanol–water partition coefficient (Wildman–Crippen LogP) is 2.61. The SMILES string of the molecule is CCc1ccc(CN(C)CCS)cc1. The van der Waals surface area contributed by atoms with Gasteiger partial charge in [0.2, 0.25) is 0 Å². The van der Waals surface area contributed by atoms with Crippen molar-refractivity contribution < 1.29 is 0 Å². The first-order valence-corrected chi connectivity index (χ1v) is 5.76. The number of nitrogens with zero attached hydrogens (tertiary/aromatic N) is 1. The van der Waals surface area contributed by atoms with Crippen molar-refractivity contribution in [1.82, 2.24) is 4.90 Å². The zero-order valence-corrected chi connectivity index (χ0v) is 9.93. The largest absolute Gasteiger partial charge is 0.301 e. The fourth-order valence-electron chi connectivity index (χ4n) is 1.44. The Morgan fingerprint density at radius 1 is 1.14 bits per heavy atom. The number of benzene rings is 1. The maximum absolute atomic E-state index is 4.22. The highest BCUT2D eigenvalue weighted by atomic mass is 32.1. The van der Waals surface area contributed by atoms with Crippen LogP contribution in [0.4, 0.5) is 0 Å². The van der Waals surface area contributed by atoms with E-state index in [4.69, 9.17) is 0 Å². The van der Waals surface area contributed by atoms with Gasteiger partial charge in [0.15, 0.2) is 0 Å². The van der Waals surface area contributed by atoms with E-state index >= 15 is 0 Å². The van der Waals surface area contributed by atoms with E-state index in [2.05, 4.69) is 55.8 Å². The Balaban J connectivity index is 2.50. The maximum atomic E-state index is 4.22. The molecule has 0 saturated heterocycles. The van der Waals surface area contributed by atoms with E-state index in [9.17, 15) is 0 Å². The van der Waals surface area contributed by atoms with E-state index in [1.165, 1.54) is 11.1 Å². The topological polar surface area (TPSA) is 3.24 Å². The molecule has 0 aliphatic rings. The van der Waals surface area contributed by atoms with Crippen molar-refractivity contribution >= 4 is 12.6 Å². The van der Waals surface area contributed by atoms with Crippen molar-refractivity contribution in [2.75, 3.05) is 19.3 Å². The molecule has 1 aromatic rings. The second-order valence-electron chi connectivity index (χ2n) is 3.63. The van der Waals surface area contributed by atoms with Gasteiger partial charge in [-0.25, -0.2) is 0 Å². The summed E-state index contributed by atoms with van der Waals surface area (Å²) in [6.45, 7) is 4.24. The first kappa shape index (κ1) is 11.6. The van der Waals surface area contributed by atoms with E-state index < -0.39 is 0 Å². The van der Waals surface area contributed by atoms with Gasteiger partial charge in [-0.2, -0.15) is 12.6 Å². The minimum Gasteiger partial charge on any atom is -0.301 e. The molecule has 0 unspecified atom stereocenters. The first-order valence-electron chi connectivity index (χ1n) is 5.13. The van der Waals surface area contributed by atoms with Crippen LogP contribution < -0.4 is 0 Å². The Labute approximate surface area is 92.5 Å². The van der Waals surface area contributed by atoms with Crippen LogP contribution in [0.3, 0.4) is 0 Å². The molecule has 0 aromatic heterocycles. The maximum Gasteiger partial charge on any atom is 0.0231 e. The molecule has 1 rings (SSSR count). The molecule has 78 valence electrons. The standard InChI is InChI=1S/C12H19NS/c1-3-11-4-6-12(7-5-11)10-13(2)8-9-14/h4-7,14H,3,8-10H2,1-2H3. The Bertz CT molecular complexity index is 256. The molecule has 0 radical (unpaired) electrons. The van der Waals surface area contributed by atoms with Crippen molar-refractivity contribution in [2.45, 2.75) is 19.9 Å². The van der Waals surface area contributed by atoms with Crippen LogP contribution in [-0.4, -0.2) is 24.2 Å². The van der Waals surface area contributed by atoms with Crippen LogP contribution in [0.5, 0.6) is 0 Å². The molecule has 0 fully saturated rings. The van der Waals surface area contributed by atoms with Crippen LogP contribution in [0, 0.1) is 0 Å². The lowest BCUT2D eigenvalue weighted by Crippen LogP contribution is -2.19. The average Bonchev–Trinajstić information content (AvgIpc) is 2.19. The zero-order valence-electron chi connectivity index (χ0n) is 9.03. The second-order valence-corrected chi connectivity index (χ2v) is 4.08. The molecule has 1 aromatic carbocycles. The molecule has 0 aliphatic heterocycles. The molecule has 1 nitrogen and oxygen atoms in total. The zero-order chi connectivity index (χ0) is 10.4. The minimum absolute atomic E-state index is 0.920. The monoisotopic (exact) mass is 209 g/mol. The highest BCUT2D eigenvalue weighted by Gasteiger charge is 1.98. The molecule has 0 heterocycles. The van der Waals surface area contributed by atoms with Gasteiger partial charge in [-0.3, -0.25) is 0 Å². The van der Waals surface area contributed by atoms with Gasteiger partial charge in [0.1, 0.15) is 0 Å². The summed E-state index contributed by atoms with van der Waals surface area (Å²) in [5.41, 5.74) is 2.79. The Morgan fingerprint density at radius 2 is 1.71 bits per heavy atom. The molecular formula is C12H19NS. The fraction of sp³-hybridized carbons (Fsp3) is 0.500. The minimum atomic E-state index is 0.920. The predicted molar refractivity (Wildman–Crippen MR) is 66.0 cm³/mol. The summed E-state index contributed by atoms with van der Waals surface area (Å²) < 4.78 is 0. The number of rotatable bonds is 5. The highest BCUT2D eigenvalue weighted by molar-refractivity contribution is 7.80. The third kappa shape index (κ3) is 3.72. The lowest BCUT2D eigenvalue weighted by molar-refractivity contribution is 0.349. The summed E-state index contributed by atoms with van der Waals surface area (Å²) in [5, 5.41) is 0. The normalized spacial score (nSPS) is 10.9. The highest BCUT2D eigenvalue weighted by Crippen LogP contribution is 2.07. The smallest absolute Gasteiger partial charge is 0.0231 e. The number of hydrogen-bond donors (Lipinski definition) is 1. The summed E-state index contributed by atoms with van der Waals surface area (Å²) >= 11 is 4.22. The molecule has 0 amide bonds. The third-order valence-corrected chi connectivity index (χ3v) is 2.57. The van der Waals surface area contributed by atoms with Crippen molar-refractivity contribution in [3.63, 3.8) is 0 Å². The molecule has 0 atom stereocenters. The molecular weight excluding hydrogens is 190 g/mol. The second kappa shape index (κ2) is 6.10. The van der Waals surface area contributed by atoms with Gasteiger partial charge in [-0.1, -0.05) is 31.2 Å². The molecule has 0 saturated carbocycles. The Hall–Kier alpha value is -0.470. The van der Waals surface area contributed by atoms with Gasteiger partial charge in [0, 0.05) is 18.8 Å². The molecule has 14 heavy (non-hydrogen) atoms.